The molecule has 0 atom stereocenters. The number of carbonyl (C=O) groups excluding carboxylic acids is 1. The van der Waals surface area contributed by atoms with Crippen molar-refractivity contribution in [1.82, 2.24) is 4.98 Å². The van der Waals surface area contributed by atoms with Crippen LogP contribution in [0.4, 0.5) is 0 Å². The van der Waals surface area contributed by atoms with Crippen LogP contribution in [0.3, 0.4) is 0 Å². The lowest BCUT2D eigenvalue weighted by Gasteiger charge is -2.15. The third-order valence-corrected chi connectivity index (χ3v) is 4.31. The van der Waals surface area contributed by atoms with Gasteiger partial charge in [-0.3, -0.25) is 4.98 Å². The third-order valence-electron chi connectivity index (χ3n) is 2.78. The molecule has 0 spiro atoms. The van der Waals surface area contributed by atoms with Crippen LogP contribution in [0, 0.1) is 0 Å². The molecule has 0 fully saturated rings. The summed E-state index contributed by atoms with van der Waals surface area (Å²) in [6, 6.07) is 7.60. The summed E-state index contributed by atoms with van der Waals surface area (Å²) < 4.78 is 4.72. The Labute approximate surface area is 117 Å². The number of hydrogen-bond donors (Lipinski definition) is 0. The SMILES string of the molecule is COC(=O)c1ccnc(-c2ccc(C(C)(C)C)s2)c1. The van der Waals surface area contributed by atoms with Crippen LogP contribution >= 0.6 is 11.3 Å². The summed E-state index contributed by atoms with van der Waals surface area (Å²) >= 11 is 1.71. The summed E-state index contributed by atoms with van der Waals surface area (Å²) in [6.45, 7) is 6.54. The second-order valence-corrected chi connectivity index (χ2v) is 6.42. The van der Waals surface area contributed by atoms with Gasteiger partial charge >= 0.3 is 5.97 Å². The van der Waals surface area contributed by atoms with E-state index in [1.165, 1.54) is 12.0 Å². The molecule has 2 heterocycles. The standard InChI is InChI=1S/C15H17NO2S/c1-15(2,3)13-6-5-12(19-13)11-9-10(7-8-16-11)14(17)18-4/h5-9H,1-4H3. The van der Waals surface area contributed by atoms with Crippen molar-refractivity contribution in [3.05, 3.63) is 40.9 Å². The molecule has 2 aromatic heterocycles. The van der Waals surface area contributed by atoms with Gasteiger partial charge in [-0.25, -0.2) is 4.79 Å². The van der Waals surface area contributed by atoms with Crippen molar-refractivity contribution >= 4 is 17.3 Å². The molecule has 0 unspecified atom stereocenters. The maximum absolute atomic E-state index is 11.5. The fourth-order valence-electron chi connectivity index (χ4n) is 1.69. The van der Waals surface area contributed by atoms with Crippen molar-refractivity contribution in [1.29, 1.82) is 0 Å². The minimum atomic E-state index is -0.337. The highest BCUT2D eigenvalue weighted by molar-refractivity contribution is 7.15. The predicted molar refractivity (Wildman–Crippen MR) is 77.6 cm³/mol. The molecule has 100 valence electrons. The molecule has 0 amide bonds. The van der Waals surface area contributed by atoms with E-state index in [1.54, 1.807) is 29.7 Å². The first-order valence-electron chi connectivity index (χ1n) is 6.07. The van der Waals surface area contributed by atoms with Gasteiger partial charge in [0.1, 0.15) is 0 Å². The van der Waals surface area contributed by atoms with Crippen LogP contribution in [0.5, 0.6) is 0 Å². The van der Waals surface area contributed by atoms with E-state index in [0.717, 1.165) is 10.6 Å². The fourth-order valence-corrected chi connectivity index (χ4v) is 2.72. The Morgan fingerprint density at radius 2 is 2.00 bits per heavy atom. The Kier molecular flexibility index (Phi) is 3.71. The Morgan fingerprint density at radius 1 is 1.26 bits per heavy atom. The van der Waals surface area contributed by atoms with Crippen molar-refractivity contribution in [2.24, 2.45) is 0 Å². The highest BCUT2D eigenvalue weighted by Gasteiger charge is 2.17. The number of rotatable bonds is 2. The normalized spacial score (nSPS) is 11.4. The third kappa shape index (κ3) is 3.01. The van der Waals surface area contributed by atoms with Gasteiger partial charge in [0.25, 0.3) is 0 Å². The number of methoxy groups -OCH3 is 1. The van der Waals surface area contributed by atoms with Crippen LogP contribution in [0.1, 0.15) is 36.0 Å². The second-order valence-electron chi connectivity index (χ2n) is 5.34. The van der Waals surface area contributed by atoms with E-state index in [4.69, 9.17) is 4.74 Å². The lowest BCUT2D eigenvalue weighted by molar-refractivity contribution is 0.0600. The molecule has 0 saturated carbocycles. The monoisotopic (exact) mass is 275 g/mol. The first-order chi connectivity index (χ1) is 8.91. The molecule has 0 radical (unpaired) electrons. The molecule has 0 aromatic carbocycles. The molecular weight excluding hydrogens is 258 g/mol. The van der Waals surface area contributed by atoms with E-state index >= 15 is 0 Å². The van der Waals surface area contributed by atoms with E-state index in [0.29, 0.717) is 5.56 Å². The number of esters is 1. The summed E-state index contributed by atoms with van der Waals surface area (Å²) in [5.41, 5.74) is 1.46. The van der Waals surface area contributed by atoms with Crippen molar-refractivity contribution in [3.8, 4) is 10.6 Å². The van der Waals surface area contributed by atoms with Gasteiger partial charge in [0, 0.05) is 11.1 Å². The number of pyridine rings is 1. The Bertz CT molecular complexity index is 596. The molecule has 4 heteroatoms. The fraction of sp³-hybridized carbons (Fsp3) is 0.333. The second kappa shape index (κ2) is 5.13. The lowest BCUT2D eigenvalue weighted by atomic mass is 9.95. The minimum absolute atomic E-state index is 0.128. The van der Waals surface area contributed by atoms with E-state index in [-0.39, 0.29) is 11.4 Å². The average Bonchev–Trinajstić information content (AvgIpc) is 2.87. The molecule has 0 aliphatic rings. The number of hydrogen-bond acceptors (Lipinski definition) is 4. The van der Waals surface area contributed by atoms with Gasteiger partial charge in [0.15, 0.2) is 0 Å². The summed E-state index contributed by atoms with van der Waals surface area (Å²) in [5.74, 6) is -0.337. The molecule has 19 heavy (non-hydrogen) atoms. The Morgan fingerprint density at radius 3 is 2.58 bits per heavy atom. The molecular formula is C15H17NO2S. The zero-order valence-electron chi connectivity index (χ0n) is 11.6. The van der Waals surface area contributed by atoms with Gasteiger partial charge in [-0.1, -0.05) is 20.8 Å². The quantitative estimate of drug-likeness (QED) is 0.780. The minimum Gasteiger partial charge on any atom is -0.465 e. The highest BCUT2D eigenvalue weighted by atomic mass is 32.1. The van der Waals surface area contributed by atoms with Crippen molar-refractivity contribution in [2.45, 2.75) is 26.2 Å². The maximum Gasteiger partial charge on any atom is 0.337 e. The molecule has 0 aliphatic carbocycles. The molecule has 0 saturated heterocycles. The predicted octanol–water partition coefficient (Wildman–Crippen LogP) is 3.89. The van der Waals surface area contributed by atoms with Gasteiger partial charge in [0.05, 0.1) is 23.2 Å². The average molecular weight is 275 g/mol. The summed E-state index contributed by atoms with van der Waals surface area (Å²) in [4.78, 5) is 18.2. The van der Waals surface area contributed by atoms with Crippen molar-refractivity contribution in [3.63, 3.8) is 0 Å². The molecule has 2 aromatic rings. The maximum atomic E-state index is 11.5. The van der Waals surface area contributed by atoms with E-state index in [1.807, 2.05) is 0 Å². The van der Waals surface area contributed by atoms with Gasteiger partial charge in [-0.05, 0) is 29.7 Å². The van der Waals surface area contributed by atoms with Crippen LogP contribution in [0.25, 0.3) is 10.6 Å². The first-order valence-corrected chi connectivity index (χ1v) is 6.88. The van der Waals surface area contributed by atoms with E-state index < -0.39 is 0 Å². The number of thiophene rings is 1. The van der Waals surface area contributed by atoms with Crippen LogP contribution in [-0.4, -0.2) is 18.1 Å². The number of nitrogens with zero attached hydrogens (tertiary/aromatic N) is 1. The smallest absolute Gasteiger partial charge is 0.337 e. The molecule has 0 aliphatic heterocycles. The van der Waals surface area contributed by atoms with E-state index in [2.05, 4.69) is 37.9 Å². The van der Waals surface area contributed by atoms with Gasteiger partial charge in [-0.15, -0.1) is 11.3 Å². The number of carbonyl (C=O) groups is 1. The highest BCUT2D eigenvalue weighted by Crippen LogP contribution is 2.34. The van der Waals surface area contributed by atoms with Gasteiger partial charge in [0.2, 0.25) is 0 Å². The molecule has 2 rings (SSSR count). The van der Waals surface area contributed by atoms with Gasteiger partial charge < -0.3 is 4.74 Å². The van der Waals surface area contributed by atoms with Crippen LogP contribution in [0.15, 0.2) is 30.5 Å². The van der Waals surface area contributed by atoms with Crippen molar-refractivity contribution in [2.75, 3.05) is 7.11 Å². The summed E-state index contributed by atoms with van der Waals surface area (Å²) in [5, 5.41) is 0. The van der Waals surface area contributed by atoms with Crippen LogP contribution in [-0.2, 0) is 10.2 Å². The molecule has 0 N–H and O–H groups in total. The Balaban J connectivity index is 2.37. The molecule has 0 bridgehead atoms. The summed E-state index contributed by atoms with van der Waals surface area (Å²) in [6.07, 6.45) is 1.64. The zero-order chi connectivity index (χ0) is 14.0. The van der Waals surface area contributed by atoms with Gasteiger partial charge in [-0.2, -0.15) is 0 Å². The van der Waals surface area contributed by atoms with Crippen molar-refractivity contribution < 1.29 is 9.53 Å². The largest absolute Gasteiger partial charge is 0.465 e. The number of ether oxygens (including phenoxy) is 1. The zero-order valence-corrected chi connectivity index (χ0v) is 12.4. The van der Waals surface area contributed by atoms with Crippen LogP contribution in [0.2, 0.25) is 0 Å². The Hall–Kier alpha value is -1.68. The topological polar surface area (TPSA) is 39.2 Å². The van der Waals surface area contributed by atoms with Crippen LogP contribution < -0.4 is 0 Å². The van der Waals surface area contributed by atoms with E-state index in [9.17, 15) is 4.79 Å². The number of aromatic nitrogens is 1. The molecule has 3 nitrogen and oxygen atoms in total. The first kappa shape index (κ1) is 13.7. The lowest BCUT2D eigenvalue weighted by Crippen LogP contribution is -2.07. The summed E-state index contributed by atoms with van der Waals surface area (Å²) in [7, 11) is 1.38.